The quantitative estimate of drug-likeness (QED) is 0.227. The molecule has 0 saturated heterocycles. The number of hydrogen-bond donors (Lipinski definition) is 0. The lowest BCUT2D eigenvalue weighted by Gasteiger charge is -2.11. The molecule has 1 heterocycles. The normalized spacial score (nSPS) is 11.1. The maximum absolute atomic E-state index is 13.3. The van der Waals surface area contributed by atoms with Gasteiger partial charge >= 0.3 is 5.97 Å². The number of ether oxygens (including phenoxy) is 3. The van der Waals surface area contributed by atoms with Crippen LogP contribution in [0.4, 0.5) is 0 Å². The lowest BCUT2D eigenvalue weighted by Crippen LogP contribution is -2.14. The number of esters is 1. The molecule has 6 nitrogen and oxygen atoms in total. The van der Waals surface area contributed by atoms with E-state index in [1.165, 1.54) is 38.5 Å². The van der Waals surface area contributed by atoms with Gasteiger partial charge in [0.2, 0.25) is 11.2 Å². The standard InChI is InChI=1S/C26H18Cl2O6/c1-31-20-10-8-15(12-21(20)32-2)9-11-22(29)33-26-23(30)18-13-17(27)14-19(28)25(18)34-24(26)16-6-4-3-5-7-16/h3-14H,1-2H3/b11-9+. The predicted octanol–water partition coefficient (Wildman–Crippen LogP) is 6.40. The van der Waals surface area contributed by atoms with Crippen LogP contribution in [0.5, 0.6) is 17.2 Å². The Kier molecular flexibility index (Phi) is 6.91. The van der Waals surface area contributed by atoms with E-state index in [1.54, 1.807) is 42.5 Å². The Bertz CT molecular complexity index is 1460. The van der Waals surface area contributed by atoms with E-state index < -0.39 is 11.4 Å². The molecular formula is C26H18Cl2O6. The second-order valence-electron chi connectivity index (χ2n) is 7.09. The number of fused-ring (bicyclic) bond motifs is 1. The van der Waals surface area contributed by atoms with Crippen LogP contribution in [0.2, 0.25) is 10.0 Å². The molecular weight excluding hydrogens is 479 g/mol. The molecule has 0 saturated carbocycles. The molecule has 8 heteroatoms. The van der Waals surface area contributed by atoms with Crippen LogP contribution in [0.3, 0.4) is 0 Å². The Labute approximate surface area is 204 Å². The van der Waals surface area contributed by atoms with Crippen molar-refractivity contribution < 1.29 is 23.4 Å². The van der Waals surface area contributed by atoms with Gasteiger partial charge in [-0.2, -0.15) is 0 Å². The number of rotatable bonds is 6. The summed E-state index contributed by atoms with van der Waals surface area (Å²) >= 11 is 12.3. The molecule has 0 aliphatic heterocycles. The predicted molar refractivity (Wildman–Crippen MR) is 132 cm³/mol. The highest BCUT2D eigenvalue weighted by molar-refractivity contribution is 6.38. The molecule has 4 rings (SSSR count). The van der Waals surface area contributed by atoms with E-state index in [1.807, 2.05) is 6.07 Å². The Balaban J connectivity index is 1.75. The summed E-state index contributed by atoms with van der Waals surface area (Å²) in [5.41, 5.74) is 0.786. The molecule has 0 aliphatic carbocycles. The van der Waals surface area contributed by atoms with Gasteiger partial charge in [-0.15, -0.1) is 0 Å². The van der Waals surface area contributed by atoms with Crippen molar-refractivity contribution in [3.05, 3.63) is 92.6 Å². The van der Waals surface area contributed by atoms with Gasteiger partial charge in [0.25, 0.3) is 0 Å². The number of carbonyl (C=O) groups excluding carboxylic acids is 1. The minimum absolute atomic E-state index is 0.0789. The molecule has 0 N–H and O–H groups in total. The average Bonchev–Trinajstić information content (AvgIpc) is 2.85. The van der Waals surface area contributed by atoms with Gasteiger partial charge in [-0.05, 0) is 35.9 Å². The van der Waals surface area contributed by atoms with Gasteiger partial charge in [0, 0.05) is 16.7 Å². The van der Waals surface area contributed by atoms with Crippen LogP contribution < -0.4 is 19.6 Å². The number of carbonyl (C=O) groups is 1. The van der Waals surface area contributed by atoms with E-state index in [9.17, 15) is 9.59 Å². The summed E-state index contributed by atoms with van der Waals surface area (Å²) in [6.07, 6.45) is 2.73. The fraction of sp³-hybridized carbons (Fsp3) is 0.0769. The SMILES string of the molecule is COc1ccc(/C=C/C(=O)Oc2c(-c3ccccc3)oc3c(Cl)cc(Cl)cc3c2=O)cc1OC. The molecule has 0 radical (unpaired) electrons. The van der Waals surface area contributed by atoms with Gasteiger partial charge in [-0.25, -0.2) is 4.79 Å². The van der Waals surface area contributed by atoms with Gasteiger partial charge in [-0.1, -0.05) is 59.6 Å². The summed E-state index contributed by atoms with van der Waals surface area (Å²) in [5.74, 6) is 0.107. The maximum Gasteiger partial charge on any atom is 0.336 e. The number of halogens is 2. The molecule has 0 fully saturated rings. The summed E-state index contributed by atoms with van der Waals surface area (Å²) in [6, 6.07) is 16.9. The Morgan fingerprint density at radius 1 is 0.941 bits per heavy atom. The van der Waals surface area contributed by atoms with E-state index in [0.29, 0.717) is 22.6 Å². The van der Waals surface area contributed by atoms with Crippen LogP contribution in [0.25, 0.3) is 28.4 Å². The highest BCUT2D eigenvalue weighted by atomic mass is 35.5. The van der Waals surface area contributed by atoms with Crippen LogP contribution in [-0.2, 0) is 4.79 Å². The van der Waals surface area contributed by atoms with Gasteiger partial charge < -0.3 is 18.6 Å². The van der Waals surface area contributed by atoms with Gasteiger partial charge in [0.05, 0.1) is 24.6 Å². The first-order chi connectivity index (χ1) is 16.4. The van der Waals surface area contributed by atoms with Crippen molar-refractivity contribution in [2.45, 2.75) is 0 Å². The Morgan fingerprint density at radius 2 is 1.68 bits per heavy atom. The van der Waals surface area contributed by atoms with Crippen molar-refractivity contribution in [1.82, 2.24) is 0 Å². The lowest BCUT2D eigenvalue weighted by molar-refractivity contribution is -0.129. The molecule has 172 valence electrons. The molecule has 34 heavy (non-hydrogen) atoms. The van der Waals surface area contributed by atoms with Crippen molar-refractivity contribution in [2.75, 3.05) is 14.2 Å². The van der Waals surface area contributed by atoms with E-state index in [-0.39, 0.29) is 32.5 Å². The maximum atomic E-state index is 13.3. The largest absolute Gasteiger partial charge is 0.493 e. The van der Waals surface area contributed by atoms with Crippen LogP contribution in [0.1, 0.15) is 5.56 Å². The van der Waals surface area contributed by atoms with Crippen molar-refractivity contribution >= 4 is 46.2 Å². The average molecular weight is 497 g/mol. The number of hydrogen-bond acceptors (Lipinski definition) is 6. The number of benzene rings is 3. The van der Waals surface area contributed by atoms with Crippen LogP contribution in [-0.4, -0.2) is 20.2 Å². The van der Waals surface area contributed by atoms with E-state index in [2.05, 4.69) is 0 Å². The fourth-order valence-corrected chi connectivity index (χ4v) is 3.87. The molecule has 0 aliphatic rings. The second-order valence-corrected chi connectivity index (χ2v) is 7.93. The zero-order valence-electron chi connectivity index (χ0n) is 18.1. The highest BCUT2D eigenvalue weighted by Gasteiger charge is 2.21. The highest BCUT2D eigenvalue weighted by Crippen LogP contribution is 2.35. The molecule has 1 aromatic heterocycles. The lowest BCUT2D eigenvalue weighted by atomic mass is 10.1. The zero-order valence-corrected chi connectivity index (χ0v) is 19.6. The first-order valence-electron chi connectivity index (χ1n) is 10.0. The Hall–Kier alpha value is -3.74. The number of methoxy groups -OCH3 is 2. The van der Waals surface area contributed by atoms with Gasteiger partial charge in [0.1, 0.15) is 0 Å². The zero-order chi connectivity index (χ0) is 24.2. The second kappa shape index (κ2) is 10.0. The third-order valence-corrected chi connectivity index (χ3v) is 5.43. The minimum Gasteiger partial charge on any atom is -0.493 e. The summed E-state index contributed by atoms with van der Waals surface area (Å²) in [6.45, 7) is 0. The van der Waals surface area contributed by atoms with Crippen LogP contribution in [0.15, 0.2) is 76.0 Å². The van der Waals surface area contributed by atoms with Crippen molar-refractivity contribution in [1.29, 1.82) is 0 Å². The molecule has 0 atom stereocenters. The molecule has 0 spiro atoms. The summed E-state index contributed by atoms with van der Waals surface area (Å²) < 4.78 is 21.9. The van der Waals surface area contributed by atoms with E-state index in [0.717, 1.165) is 0 Å². The smallest absolute Gasteiger partial charge is 0.336 e. The van der Waals surface area contributed by atoms with E-state index in [4.69, 9.17) is 41.8 Å². The summed E-state index contributed by atoms with van der Waals surface area (Å²) in [7, 11) is 3.05. The van der Waals surface area contributed by atoms with Crippen LogP contribution in [0, 0.1) is 0 Å². The van der Waals surface area contributed by atoms with Crippen LogP contribution >= 0.6 is 23.2 Å². The first-order valence-corrected chi connectivity index (χ1v) is 10.8. The topological polar surface area (TPSA) is 75.0 Å². The fourth-order valence-electron chi connectivity index (χ4n) is 3.33. The molecule has 3 aromatic carbocycles. The molecule has 0 amide bonds. The first kappa shape index (κ1) is 23.4. The van der Waals surface area contributed by atoms with Gasteiger partial charge in [-0.3, -0.25) is 4.79 Å². The molecule has 4 aromatic rings. The summed E-state index contributed by atoms with van der Waals surface area (Å²) in [4.78, 5) is 26.0. The summed E-state index contributed by atoms with van der Waals surface area (Å²) in [5, 5.41) is 0.523. The monoisotopic (exact) mass is 496 g/mol. The van der Waals surface area contributed by atoms with E-state index >= 15 is 0 Å². The van der Waals surface area contributed by atoms with Crippen molar-refractivity contribution in [2.24, 2.45) is 0 Å². The minimum atomic E-state index is -0.772. The van der Waals surface area contributed by atoms with Crippen molar-refractivity contribution in [3.8, 4) is 28.6 Å². The molecule has 0 bridgehead atoms. The van der Waals surface area contributed by atoms with Crippen molar-refractivity contribution in [3.63, 3.8) is 0 Å². The molecule has 0 unspecified atom stereocenters. The third kappa shape index (κ3) is 4.78. The Morgan fingerprint density at radius 3 is 2.38 bits per heavy atom. The third-order valence-electron chi connectivity index (χ3n) is 4.93. The van der Waals surface area contributed by atoms with Gasteiger partial charge in [0.15, 0.2) is 22.8 Å².